The van der Waals surface area contributed by atoms with Crippen molar-refractivity contribution in [1.82, 2.24) is 19.9 Å². The van der Waals surface area contributed by atoms with Gasteiger partial charge in [0.05, 0.1) is 11.9 Å². The van der Waals surface area contributed by atoms with Crippen molar-refractivity contribution >= 4 is 5.91 Å². The minimum absolute atomic E-state index is 0.0935. The lowest BCUT2D eigenvalue weighted by Gasteiger charge is -2.16. The maximum absolute atomic E-state index is 12.9. The third-order valence-corrected chi connectivity index (χ3v) is 4.96. The molecule has 1 aliphatic rings. The van der Waals surface area contributed by atoms with E-state index in [1.807, 2.05) is 53.4 Å². The number of hydrogen-bond acceptors (Lipinski definition) is 4. The van der Waals surface area contributed by atoms with Crippen LogP contribution in [-0.2, 0) is 0 Å². The van der Waals surface area contributed by atoms with Crippen molar-refractivity contribution in [3.8, 4) is 5.69 Å². The van der Waals surface area contributed by atoms with Crippen molar-refractivity contribution in [3.63, 3.8) is 0 Å². The molecule has 0 spiro atoms. The van der Waals surface area contributed by atoms with E-state index in [1.54, 1.807) is 0 Å². The number of likely N-dealkylation sites (tertiary alicyclic amines) is 1. The molecule has 2 heterocycles. The maximum atomic E-state index is 12.9. The summed E-state index contributed by atoms with van der Waals surface area (Å²) in [5.74, 6) is 0.420. The van der Waals surface area contributed by atoms with Crippen LogP contribution in [0.25, 0.3) is 5.69 Å². The summed E-state index contributed by atoms with van der Waals surface area (Å²) < 4.78 is 0. The summed E-state index contributed by atoms with van der Waals surface area (Å²) in [7, 11) is 0. The van der Waals surface area contributed by atoms with Crippen molar-refractivity contribution < 1.29 is 4.79 Å². The van der Waals surface area contributed by atoms with Crippen LogP contribution in [0.15, 0.2) is 66.9 Å². The first-order valence-corrected chi connectivity index (χ1v) is 8.78. The van der Waals surface area contributed by atoms with Crippen LogP contribution < -0.4 is 5.73 Å². The van der Waals surface area contributed by atoms with Gasteiger partial charge in [-0.05, 0) is 30.2 Å². The third-order valence-electron chi connectivity index (χ3n) is 4.96. The van der Waals surface area contributed by atoms with Gasteiger partial charge >= 0.3 is 0 Å². The topological polar surface area (TPSA) is 77.0 Å². The lowest BCUT2D eigenvalue weighted by Crippen LogP contribution is -2.30. The van der Waals surface area contributed by atoms with Crippen LogP contribution in [0.1, 0.15) is 22.0 Å². The van der Waals surface area contributed by atoms with Gasteiger partial charge in [-0.2, -0.15) is 9.90 Å². The van der Waals surface area contributed by atoms with E-state index in [-0.39, 0.29) is 17.7 Å². The molecule has 132 valence electrons. The molecule has 26 heavy (non-hydrogen) atoms. The Balaban J connectivity index is 1.53. The van der Waals surface area contributed by atoms with Gasteiger partial charge in [0.2, 0.25) is 0 Å². The Morgan fingerprint density at radius 2 is 1.73 bits per heavy atom. The highest BCUT2D eigenvalue weighted by Gasteiger charge is 2.36. The standard InChI is InChI=1S/C20H21N5O/c21-11-16-13-24(14-18(16)15-7-3-1-4-8-15)20(26)19-12-22-25(23-19)17-9-5-2-6-10-17/h1-10,12,16,18H,11,13-14,21H2/t16-,18+/m1/s1. The van der Waals surface area contributed by atoms with Crippen molar-refractivity contribution in [1.29, 1.82) is 0 Å². The summed E-state index contributed by atoms with van der Waals surface area (Å²) in [6.07, 6.45) is 1.53. The predicted octanol–water partition coefficient (Wildman–Crippen LogP) is 2.08. The number of nitrogens with two attached hydrogens (primary N) is 1. The average molecular weight is 347 g/mol. The Kier molecular flexibility index (Phi) is 4.50. The molecule has 1 amide bonds. The number of carbonyl (C=O) groups excluding carboxylic acids is 1. The summed E-state index contributed by atoms with van der Waals surface area (Å²) in [6.45, 7) is 1.86. The van der Waals surface area contributed by atoms with Gasteiger partial charge in [-0.15, -0.1) is 5.10 Å². The van der Waals surface area contributed by atoms with Gasteiger partial charge < -0.3 is 10.6 Å². The fraction of sp³-hybridized carbons (Fsp3) is 0.250. The van der Waals surface area contributed by atoms with Crippen LogP contribution in [-0.4, -0.2) is 45.4 Å². The predicted molar refractivity (Wildman–Crippen MR) is 99.0 cm³/mol. The summed E-state index contributed by atoms with van der Waals surface area (Å²) in [4.78, 5) is 16.2. The van der Waals surface area contributed by atoms with Gasteiger partial charge in [-0.1, -0.05) is 48.5 Å². The van der Waals surface area contributed by atoms with Crippen LogP contribution in [0.2, 0.25) is 0 Å². The second-order valence-corrected chi connectivity index (χ2v) is 6.58. The number of carbonyl (C=O) groups is 1. The molecule has 4 rings (SSSR count). The zero-order valence-electron chi connectivity index (χ0n) is 14.4. The number of para-hydroxylation sites is 1. The molecule has 2 aromatic carbocycles. The van der Waals surface area contributed by atoms with Gasteiger partial charge in [0.1, 0.15) is 0 Å². The van der Waals surface area contributed by atoms with Crippen molar-refractivity contribution in [2.24, 2.45) is 11.7 Å². The molecule has 0 radical (unpaired) electrons. The smallest absolute Gasteiger partial charge is 0.276 e. The zero-order valence-corrected chi connectivity index (χ0v) is 14.4. The van der Waals surface area contributed by atoms with Gasteiger partial charge in [0.15, 0.2) is 5.69 Å². The van der Waals surface area contributed by atoms with E-state index in [0.717, 1.165) is 5.69 Å². The largest absolute Gasteiger partial charge is 0.336 e. The van der Waals surface area contributed by atoms with E-state index in [0.29, 0.717) is 25.3 Å². The number of rotatable bonds is 4. The third kappa shape index (κ3) is 3.11. The Bertz CT molecular complexity index is 877. The minimum atomic E-state index is -0.0935. The number of hydrogen-bond donors (Lipinski definition) is 1. The van der Waals surface area contributed by atoms with Gasteiger partial charge in [0, 0.05) is 19.0 Å². The lowest BCUT2D eigenvalue weighted by atomic mass is 9.89. The molecule has 2 N–H and O–H groups in total. The first-order chi connectivity index (χ1) is 12.8. The van der Waals surface area contributed by atoms with E-state index in [4.69, 9.17) is 5.73 Å². The highest BCUT2D eigenvalue weighted by Crippen LogP contribution is 2.32. The molecule has 1 aliphatic heterocycles. The van der Waals surface area contributed by atoms with Gasteiger partial charge in [-0.3, -0.25) is 4.79 Å². The molecule has 1 fully saturated rings. The highest BCUT2D eigenvalue weighted by molar-refractivity contribution is 5.92. The molecule has 1 aromatic heterocycles. The molecule has 0 saturated carbocycles. The van der Waals surface area contributed by atoms with Gasteiger partial charge in [-0.25, -0.2) is 0 Å². The Morgan fingerprint density at radius 3 is 2.42 bits per heavy atom. The van der Waals surface area contributed by atoms with Crippen molar-refractivity contribution in [3.05, 3.63) is 78.1 Å². The zero-order chi connectivity index (χ0) is 17.9. The molecule has 6 heteroatoms. The number of nitrogens with zero attached hydrogens (tertiary/aromatic N) is 4. The molecular formula is C20H21N5O. The monoisotopic (exact) mass is 347 g/mol. The number of amides is 1. The fourth-order valence-electron chi connectivity index (χ4n) is 3.56. The average Bonchev–Trinajstić information content (AvgIpc) is 3.36. The molecule has 0 bridgehead atoms. The SMILES string of the molecule is NC[C@@H]1CN(C(=O)c2cnn(-c3ccccc3)n2)C[C@H]1c1ccccc1. The molecule has 0 aliphatic carbocycles. The minimum Gasteiger partial charge on any atom is -0.336 e. The summed E-state index contributed by atoms with van der Waals surface area (Å²) >= 11 is 0. The van der Waals surface area contributed by atoms with Gasteiger partial charge in [0.25, 0.3) is 5.91 Å². The first kappa shape index (κ1) is 16.5. The maximum Gasteiger partial charge on any atom is 0.276 e. The van der Waals surface area contributed by atoms with Crippen LogP contribution in [0, 0.1) is 5.92 Å². The second-order valence-electron chi connectivity index (χ2n) is 6.58. The van der Waals surface area contributed by atoms with E-state index in [1.165, 1.54) is 16.6 Å². The summed E-state index contributed by atoms with van der Waals surface area (Å²) in [6, 6.07) is 19.8. The van der Waals surface area contributed by atoms with Crippen molar-refractivity contribution in [2.45, 2.75) is 5.92 Å². The summed E-state index contributed by atoms with van der Waals surface area (Å²) in [5, 5.41) is 8.59. The Hall–Kier alpha value is -2.99. The van der Waals surface area contributed by atoms with Crippen LogP contribution in [0.3, 0.4) is 0 Å². The number of aromatic nitrogens is 3. The first-order valence-electron chi connectivity index (χ1n) is 8.78. The van der Waals surface area contributed by atoms with E-state index < -0.39 is 0 Å². The second kappa shape index (κ2) is 7.09. The quantitative estimate of drug-likeness (QED) is 0.784. The van der Waals surface area contributed by atoms with E-state index in [9.17, 15) is 4.79 Å². The van der Waals surface area contributed by atoms with Crippen LogP contribution in [0.4, 0.5) is 0 Å². The molecule has 0 unspecified atom stereocenters. The molecule has 6 nitrogen and oxygen atoms in total. The fourth-order valence-corrected chi connectivity index (χ4v) is 3.56. The molecule has 2 atom stereocenters. The van der Waals surface area contributed by atoms with E-state index in [2.05, 4.69) is 22.3 Å². The van der Waals surface area contributed by atoms with Crippen molar-refractivity contribution in [2.75, 3.05) is 19.6 Å². The number of benzene rings is 2. The van der Waals surface area contributed by atoms with Crippen LogP contribution in [0.5, 0.6) is 0 Å². The molecule has 1 saturated heterocycles. The lowest BCUT2D eigenvalue weighted by molar-refractivity contribution is 0.0780. The summed E-state index contributed by atoms with van der Waals surface area (Å²) in [5.41, 5.74) is 8.39. The Labute approximate surface area is 152 Å². The highest BCUT2D eigenvalue weighted by atomic mass is 16.2. The van der Waals surface area contributed by atoms with Crippen LogP contribution >= 0.6 is 0 Å². The molecular weight excluding hydrogens is 326 g/mol. The Morgan fingerprint density at radius 1 is 1.04 bits per heavy atom. The normalized spacial score (nSPS) is 19.7. The van der Waals surface area contributed by atoms with E-state index >= 15 is 0 Å². The molecule has 3 aromatic rings.